The molecular weight excluding hydrogens is 98.1 g/mol. The summed E-state index contributed by atoms with van der Waals surface area (Å²) in [4.78, 5) is 0. The van der Waals surface area contributed by atoms with Crippen LogP contribution < -0.4 is 5.32 Å². The van der Waals surface area contributed by atoms with E-state index < -0.39 is 0 Å². The second-order valence-electron chi connectivity index (χ2n) is 1.98. The number of nitrogens with one attached hydrogen (secondary N) is 1. The fourth-order valence-electron chi connectivity index (χ4n) is 0.716. The molecule has 44 valence electrons. The van der Waals surface area contributed by atoms with Gasteiger partial charge >= 0.3 is 0 Å². The summed E-state index contributed by atoms with van der Waals surface area (Å²) in [5.41, 5.74) is 1.29. The highest BCUT2D eigenvalue weighted by atomic mass is 14.9. The lowest BCUT2D eigenvalue weighted by Crippen LogP contribution is -2.08. The summed E-state index contributed by atoms with van der Waals surface area (Å²) in [6.45, 7) is 3.08. The average molecular weight is 109 g/mol. The minimum Gasteiger partial charge on any atom is -0.385 e. The first-order chi connectivity index (χ1) is 3.89. The zero-order valence-corrected chi connectivity index (χ0v) is 5.15. The summed E-state index contributed by atoms with van der Waals surface area (Å²) >= 11 is 0. The maximum atomic E-state index is 3.22. The Morgan fingerprint density at radius 3 is 3.25 bits per heavy atom. The lowest BCUT2D eigenvalue weighted by Gasteiger charge is -1.97. The Morgan fingerprint density at radius 2 is 2.38 bits per heavy atom. The molecule has 0 aromatic carbocycles. The van der Waals surface area contributed by atoms with Crippen molar-refractivity contribution < 1.29 is 0 Å². The SMILES string of the molecule is CC1=CCC=CCN1. The van der Waals surface area contributed by atoms with Crippen molar-refractivity contribution >= 4 is 0 Å². The summed E-state index contributed by atoms with van der Waals surface area (Å²) < 4.78 is 0. The third-order valence-electron chi connectivity index (χ3n) is 1.23. The Labute approximate surface area is 50.1 Å². The van der Waals surface area contributed by atoms with Crippen LogP contribution in [0.3, 0.4) is 0 Å². The summed E-state index contributed by atoms with van der Waals surface area (Å²) in [6, 6.07) is 0. The van der Waals surface area contributed by atoms with E-state index in [0.717, 1.165) is 13.0 Å². The monoisotopic (exact) mass is 109 g/mol. The molecular formula is C7H11N. The van der Waals surface area contributed by atoms with Crippen LogP contribution in [-0.2, 0) is 0 Å². The minimum atomic E-state index is 0.988. The van der Waals surface area contributed by atoms with Crippen LogP contribution in [0.4, 0.5) is 0 Å². The maximum absolute atomic E-state index is 3.22. The van der Waals surface area contributed by atoms with E-state index in [0.29, 0.717) is 0 Å². The highest BCUT2D eigenvalue weighted by Gasteiger charge is 1.86. The van der Waals surface area contributed by atoms with Crippen LogP contribution in [0, 0.1) is 0 Å². The Bertz CT molecular complexity index is 122. The molecule has 0 unspecified atom stereocenters. The van der Waals surface area contributed by atoms with Crippen molar-refractivity contribution in [3.63, 3.8) is 0 Å². The number of allylic oxidation sites excluding steroid dienone is 3. The van der Waals surface area contributed by atoms with Gasteiger partial charge in [-0.25, -0.2) is 0 Å². The Kier molecular flexibility index (Phi) is 1.73. The third kappa shape index (κ3) is 1.41. The van der Waals surface area contributed by atoms with Gasteiger partial charge in [0.25, 0.3) is 0 Å². The van der Waals surface area contributed by atoms with Gasteiger partial charge in [0.2, 0.25) is 0 Å². The lowest BCUT2D eigenvalue weighted by atomic mass is 10.3. The van der Waals surface area contributed by atoms with Crippen LogP contribution in [-0.4, -0.2) is 6.54 Å². The molecule has 0 radical (unpaired) electrons. The second kappa shape index (κ2) is 2.55. The van der Waals surface area contributed by atoms with E-state index >= 15 is 0 Å². The van der Waals surface area contributed by atoms with Crippen LogP contribution in [0.1, 0.15) is 13.3 Å². The summed E-state index contributed by atoms with van der Waals surface area (Å²) in [5, 5.41) is 3.22. The molecule has 0 atom stereocenters. The standard InChI is InChI=1S/C7H11N/c1-7-5-3-2-4-6-8-7/h2,4-5,8H,3,6H2,1H3. The molecule has 0 aromatic rings. The zero-order chi connectivity index (χ0) is 5.82. The van der Waals surface area contributed by atoms with Gasteiger partial charge in [0.15, 0.2) is 0 Å². The van der Waals surface area contributed by atoms with Crippen molar-refractivity contribution in [3.05, 3.63) is 23.9 Å². The van der Waals surface area contributed by atoms with Crippen LogP contribution in [0.2, 0.25) is 0 Å². The van der Waals surface area contributed by atoms with Crippen LogP contribution >= 0.6 is 0 Å². The van der Waals surface area contributed by atoms with E-state index in [-0.39, 0.29) is 0 Å². The van der Waals surface area contributed by atoms with E-state index in [1.807, 2.05) is 0 Å². The minimum absolute atomic E-state index is 0.988. The van der Waals surface area contributed by atoms with E-state index in [1.165, 1.54) is 5.70 Å². The predicted octanol–water partition coefficient (Wildman–Crippen LogP) is 1.44. The quantitative estimate of drug-likeness (QED) is 0.464. The van der Waals surface area contributed by atoms with Gasteiger partial charge < -0.3 is 5.32 Å². The number of hydrogen-bond donors (Lipinski definition) is 1. The van der Waals surface area contributed by atoms with E-state index in [4.69, 9.17) is 0 Å². The van der Waals surface area contributed by atoms with E-state index in [2.05, 4.69) is 30.5 Å². The number of hydrogen-bond acceptors (Lipinski definition) is 1. The second-order valence-corrected chi connectivity index (χ2v) is 1.98. The molecule has 1 aliphatic heterocycles. The van der Waals surface area contributed by atoms with Gasteiger partial charge in [-0.05, 0) is 13.3 Å². The number of rotatable bonds is 0. The van der Waals surface area contributed by atoms with Gasteiger partial charge in [-0.1, -0.05) is 18.2 Å². The fraction of sp³-hybridized carbons (Fsp3) is 0.429. The predicted molar refractivity (Wildman–Crippen MR) is 35.5 cm³/mol. The summed E-state index contributed by atoms with van der Waals surface area (Å²) in [5.74, 6) is 0. The first-order valence-electron chi connectivity index (χ1n) is 2.95. The largest absolute Gasteiger partial charge is 0.385 e. The Hall–Kier alpha value is -0.720. The first kappa shape index (κ1) is 5.42. The van der Waals surface area contributed by atoms with Gasteiger partial charge in [-0.3, -0.25) is 0 Å². The molecule has 0 bridgehead atoms. The van der Waals surface area contributed by atoms with Crippen LogP contribution in [0.25, 0.3) is 0 Å². The van der Waals surface area contributed by atoms with Crippen LogP contribution in [0.15, 0.2) is 23.9 Å². The Morgan fingerprint density at radius 1 is 1.50 bits per heavy atom. The molecule has 0 aliphatic carbocycles. The van der Waals surface area contributed by atoms with E-state index in [1.54, 1.807) is 0 Å². The molecule has 8 heavy (non-hydrogen) atoms. The fourth-order valence-corrected chi connectivity index (χ4v) is 0.716. The van der Waals surface area contributed by atoms with Crippen molar-refractivity contribution in [2.45, 2.75) is 13.3 Å². The van der Waals surface area contributed by atoms with Crippen molar-refractivity contribution in [2.75, 3.05) is 6.54 Å². The molecule has 1 heterocycles. The molecule has 0 fully saturated rings. The highest BCUT2D eigenvalue weighted by molar-refractivity contribution is 5.05. The van der Waals surface area contributed by atoms with Gasteiger partial charge in [0.1, 0.15) is 0 Å². The molecule has 1 nitrogen and oxygen atoms in total. The maximum Gasteiger partial charge on any atom is 0.0327 e. The first-order valence-corrected chi connectivity index (χ1v) is 2.95. The smallest absolute Gasteiger partial charge is 0.0327 e. The topological polar surface area (TPSA) is 12.0 Å². The lowest BCUT2D eigenvalue weighted by molar-refractivity contribution is 0.908. The molecule has 1 aliphatic rings. The van der Waals surface area contributed by atoms with Gasteiger partial charge in [0.05, 0.1) is 0 Å². The molecule has 1 heteroatoms. The van der Waals surface area contributed by atoms with Crippen molar-refractivity contribution in [1.29, 1.82) is 0 Å². The van der Waals surface area contributed by atoms with Gasteiger partial charge in [-0.15, -0.1) is 0 Å². The van der Waals surface area contributed by atoms with E-state index in [9.17, 15) is 0 Å². The zero-order valence-electron chi connectivity index (χ0n) is 5.15. The van der Waals surface area contributed by atoms with Crippen molar-refractivity contribution in [3.8, 4) is 0 Å². The van der Waals surface area contributed by atoms with Gasteiger partial charge in [0, 0.05) is 12.2 Å². The van der Waals surface area contributed by atoms with Gasteiger partial charge in [-0.2, -0.15) is 0 Å². The average Bonchev–Trinajstić information content (AvgIpc) is 1.94. The molecule has 1 N–H and O–H groups in total. The normalized spacial score (nSPS) is 18.9. The van der Waals surface area contributed by atoms with Crippen LogP contribution in [0.5, 0.6) is 0 Å². The summed E-state index contributed by atoms with van der Waals surface area (Å²) in [6.07, 6.45) is 7.58. The molecule has 0 aromatic heterocycles. The van der Waals surface area contributed by atoms with Crippen molar-refractivity contribution in [1.82, 2.24) is 5.32 Å². The third-order valence-corrected chi connectivity index (χ3v) is 1.23. The highest BCUT2D eigenvalue weighted by Crippen LogP contribution is 1.95. The molecule has 0 spiro atoms. The molecule has 0 saturated heterocycles. The molecule has 0 saturated carbocycles. The van der Waals surface area contributed by atoms with Crippen molar-refractivity contribution in [2.24, 2.45) is 0 Å². The molecule has 0 amide bonds. The molecule has 1 rings (SSSR count). The summed E-state index contributed by atoms with van der Waals surface area (Å²) in [7, 11) is 0. The Balaban J connectivity index is 2.48.